The minimum atomic E-state index is -0.0384. The summed E-state index contributed by atoms with van der Waals surface area (Å²) in [5.74, 6) is 1.60. The van der Waals surface area contributed by atoms with Crippen LogP contribution in [-0.2, 0) is 5.41 Å². The average molecular weight is 329 g/mol. The predicted octanol–water partition coefficient (Wildman–Crippen LogP) is 1.49. The zero-order valence-electron chi connectivity index (χ0n) is 14.8. The SMILES string of the molecule is COc1ccc(C23C=CC4(CC2N(C)CC3)NCCN4)cc1OC. The Hall–Kier alpha value is -1.56. The lowest BCUT2D eigenvalue weighted by Crippen LogP contribution is -2.57. The molecule has 130 valence electrons. The molecule has 2 atom stereocenters. The third-order valence-electron chi connectivity index (χ3n) is 6.11. The van der Waals surface area contributed by atoms with Crippen molar-refractivity contribution in [3.05, 3.63) is 35.9 Å². The summed E-state index contributed by atoms with van der Waals surface area (Å²) < 4.78 is 11.0. The molecule has 2 unspecified atom stereocenters. The molecule has 5 nitrogen and oxygen atoms in total. The van der Waals surface area contributed by atoms with E-state index in [4.69, 9.17) is 9.47 Å². The molecule has 2 saturated heterocycles. The van der Waals surface area contributed by atoms with E-state index in [1.807, 2.05) is 6.07 Å². The maximum atomic E-state index is 5.55. The number of hydrogen-bond acceptors (Lipinski definition) is 5. The first-order valence-corrected chi connectivity index (χ1v) is 8.76. The smallest absolute Gasteiger partial charge is 0.161 e. The van der Waals surface area contributed by atoms with E-state index >= 15 is 0 Å². The first-order valence-electron chi connectivity index (χ1n) is 8.76. The number of rotatable bonds is 3. The topological polar surface area (TPSA) is 45.8 Å². The Labute approximate surface area is 144 Å². The van der Waals surface area contributed by atoms with Crippen LogP contribution >= 0.6 is 0 Å². The van der Waals surface area contributed by atoms with Crippen molar-refractivity contribution in [1.82, 2.24) is 15.5 Å². The van der Waals surface area contributed by atoms with Gasteiger partial charge in [-0.25, -0.2) is 0 Å². The lowest BCUT2D eigenvalue weighted by molar-refractivity contribution is 0.190. The van der Waals surface area contributed by atoms with Crippen LogP contribution in [0.1, 0.15) is 18.4 Å². The quantitative estimate of drug-likeness (QED) is 0.823. The molecule has 4 rings (SSSR count). The molecular formula is C19H27N3O2. The summed E-state index contributed by atoms with van der Waals surface area (Å²) in [6.45, 7) is 3.17. The molecule has 0 bridgehead atoms. The van der Waals surface area contributed by atoms with Gasteiger partial charge in [0.15, 0.2) is 11.5 Å². The maximum absolute atomic E-state index is 5.55. The summed E-state index contributed by atoms with van der Waals surface area (Å²) in [4.78, 5) is 2.50. The summed E-state index contributed by atoms with van der Waals surface area (Å²) in [5.41, 5.74) is 1.33. The van der Waals surface area contributed by atoms with Crippen molar-refractivity contribution in [2.24, 2.45) is 0 Å². The summed E-state index contributed by atoms with van der Waals surface area (Å²) in [6, 6.07) is 6.86. The lowest BCUT2D eigenvalue weighted by atomic mass is 9.67. The third kappa shape index (κ3) is 2.26. The maximum Gasteiger partial charge on any atom is 0.161 e. The fraction of sp³-hybridized carbons (Fsp3) is 0.579. The van der Waals surface area contributed by atoms with E-state index in [9.17, 15) is 0 Å². The highest BCUT2D eigenvalue weighted by Crippen LogP contribution is 2.48. The number of hydrogen-bond donors (Lipinski definition) is 2. The molecule has 0 saturated carbocycles. The van der Waals surface area contributed by atoms with Gasteiger partial charge in [-0.1, -0.05) is 18.2 Å². The van der Waals surface area contributed by atoms with E-state index in [0.29, 0.717) is 6.04 Å². The van der Waals surface area contributed by atoms with Crippen LogP contribution in [0.3, 0.4) is 0 Å². The van der Waals surface area contributed by atoms with Gasteiger partial charge in [0.05, 0.1) is 19.9 Å². The van der Waals surface area contributed by atoms with E-state index in [0.717, 1.165) is 44.0 Å². The van der Waals surface area contributed by atoms with E-state index in [1.54, 1.807) is 14.2 Å². The number of nitrogens with one attached hydrogen (secondary N) is 2. The van der Waals surface area contributed by atoms with Gasteiger partial charge in [-0.3, -0.25) is 10.6 Å². The first-order chi connectivity index (χ1) is 11.6. The number of benzene rings is 1. The number of likely N-dealkylation sites (tertiary alicyclic amines) is 1. The van der Waals surface area contributed by atoms with E-state index in [1.165, 1.54) is 5.56 Å². The van der Waals surface area contributed by atoms with Gasteiger partial charge in [-0.2, -0.15) is 0 Å². The molecule has 2 N–H and O–H groups in total. The van der Waals surface area contributed by atoms with Gasteiger partial charge in [0, 0.05) is 24.5 Å². The molecule has 0 radical (unpaired) electrons. The van der Waals surface area contributed by atoms with Crippen LogP contribution in [0, 0.1) is 0 Å². The van der Waals surface area contributed by atoms with Crippen molar-refractivity contribution in [2.45, 2.75) is 30.0 Å². The molecule has 1 aliphatic carbocycles. The molecule has 24 heavy (non-hydrogen) atoms. The second kappa shape index (κ2) is 5.76. The lowest BCUT2D eigenvalue weighted by Gasteiger charge is -2.45. The fourth-order valence-corrected chi connectivity index (χ4v) is 4.73. The van der Waals surface area contributed by atoms with E-state index < -0.39 is 0 Å². The van der Waals surface area contributed by atoms with Gasteiger partial charge >= 0.3 is 0 Å². The second-order valence-electron chi connectivity index (χ2n) is 7.22. The molecule has 3 aliphatic rings. The van der Waals surface area contributed by atoms with Crippen LogP contribution in [0.25, 0.3) is 0 Å². The molecular weight excluding hydrogens is 302 g/mol. The molecule has 1 aromatic rings. The fourth-order valence-electron chi connectivity index (χ4n) is 4.73. The first kappa shape index (κ1) is 15.9. The summed E-state index contributed by atoms with van der Waals surface area (Å²) in [5, 5.41) is 7.29. The van der Waals surface area contributed by atoms with Gasteiger partial charge in [0.2, 0.25) is 0 Å². The molecule has 0 amide bonds. The Kier molecular flexibility index (Phi) is 3.82. The molecule has 2 heterocycles. The van der Waals surface area contributed by atoms with Gasteiger partial charge in [0.25, 0.3) is 0 Å². The van der Waals surface area contributed by atoms with Gasteiger partial charge < -0.3 is 14.4 Å². The van der Waals surface area contributed by atoms with Crippen LogP contribution in [0.2, 0.25) is 0 Å². The van der Waals surface area contributed by atoms with Crippen molar-refractivity contribution in [2.75, 3.05) is 40.9 Å². The number of ether oxygens (including phenoxy) is 2. The van der Waals surface area contributed by atoms with Gasteiger partial charge in [-0.05, 0) is 44.1 Å². The number of methoxy groups -OCH3 is 2. The zero-order valence-corrected chi connectivity index (χ0v) is 14.8. The predicted molar refractivity (Wildman–Crippen MR) is 94.8 cm³/mol. The van der Waals surface area contributed by atoms with Crippen LogP contribution in [0.5, 0.6) is 11.5 Å². The largest absolute Gasteiger partial charge is 0.493 e. The summed E-state index contributed by atoms with van der Waals surface area (Å²) in [6.07, 6.45) is 6.99. The van der Waals surface area contributed by atoms with Crippen molar-refractivity contribution < 1.29 is 9.47 Å². The number of fused-ring (bicyclic) bond motifs is 1. The molecule has 0 aromatic heterocycles. The second-order valence-corrected chi connectivity index (χ2v) is 7.22. The highest BCUT2D eigenvalue weighted by atomic mass is 16.5. The van der Waals surface area contributed by atoms with Crippen molar-refractivity contribution in [1.29, 1.82) is 0 Å². The molecule has 2 fully saturated rings. The summed E-state index contributed by atoms with van der Waals surface area (Å²) >= 11 is 0. The van der Waals surface area contributed by atoms with Crippen molar-refractivity contribution in [3.8, 4) is 11.5 Å². The van der Waals surface area contributed by atoms with E-state index in [-0.39, 0.29) is 11.1 Å². The van der Waals surface area contributed by atoms with Crippen molar-refractivity contribution in [3.63, 3.8) is 0 Å². The highest BCUT2D eigenvalue weighted by molar-refractivity contribution is 5.49. The van der Waals surface area contributed by atoms with E-state index in [2.05, 4.69) is 46.9 Å². The molecule has 2 aliphatic heterocycles. The normalized spacial score (nSPS) is 31.4. The third-order valence-corrected chi connectivity index (χ3v) is 6.11. The average Bonchev–Trinajstić information content (AvgIpc) is 3.21. The van der Waals surface area contributed by atoms with Crippen LogP contribution in [-0.4, -0.2) is 57.5 Å². The van der Waals surface area contributed by atoms with Crippen molar-refractivity contribution >= 4 is 0 Å². The number of nitrogens with zero attached hydrogens (tertiary/aromatic N) is 1. The molecule has 5 heteroatoms. The van der Waals surface area contributed by atoms with Gasteiger partial charge in [-0.15, -0.1) is 0 Å². The van der Waals surface area contributed by atoms with Crippen LogP contribution in [0.4, 0.5) is 0 Å². The summed E-state index contributed by atoms with van der Waals surface area (Å²) in [7, 11) is 5.63. The van der Waals surface area contributed by atoms with Crippen LogP contribution in [0.15, 0.2) is 30.4 Å². The van der Waals surface area contributed by atoms with Crippen LogP contribution < -0.4 is 20.1 Å². The minimum absolute atomic E-state index is 0.0384. The zero-order chi connectivity index (χ0) is 16.8. The Morgan fingerprint density at radius 3 is 2.54 bits per heavy atom. The monoisotopic (exact) mass is 329 g/mol. The molecule has 1 aromatic carbocycles. The standard InChI is InChI=1S/C19H27N3O2/c1-22-11-8-18(14-4-5-15(23-2)16(12-14)24-3)6-7-19(13-17(18)22)20-9-10-21-19/h4-7,12,17,20-21H,8-11,13H2,1-3H3. The van der Waals surface area contributed by atoms with Gasteiger partial charge in [0.1, 0.15) is 0 Å². The highest BCUT2D eigenvalue weighted by Gasteiger charge is 2.52. The molecule has 1 spiro atoms. The Morgan fingerprint density at radius 1 is 1.08 bits per heavy atom. The Morgan fingerprint density at radius 2 is 1.83 bits per heavy atom. The number of likely N-dealkylation sites (N-methyl/N-ethyl adjacent to an activating group) is 1. The minimum Gasteiger partial charge on any atom is -0.493 e. The Bertz CT molecular complexity index is 654. The Balaban J connectivity index is 1.77.